The van der Waals surface area contributed by atoms with Crippen molar-refractivity contribution in [2.75, 3.05) is 11.9 Å². The first-order valence-electron chi connectivity index (χ1n) is 6.19. The van der Waals surface area contributed by atoms with E-state index < -0.39 is 0 Å². The molecule has 0 saturated heterocycles. The van der Waals surface area contributed by atoms with Crippen molar-refractivity contribution < 1.29 is 0 Å². The van der Waals surface area contributed by atoms with Crippen LogP contribution in [0.4, 0.5) is 5.69 Å². The van der Waals surface area contributed by atoms with Gasteiger partial charge in [0, 0.05) is 24.1 Å². The van der Waals surface area contributed by atoms with Crippen LogP contribution < -0.4 is 5.32 Å². The van der Waals surface area contributed by atoms with Crippen LogP contribution in [0, 0.1) is 6.92 Å². The fourth-order valence-corrected chi connectivity index (χ4v) is 2.15. The topological polar surface area (TPSA) is 24.9 Å². The van der Waals surface area contributed by atoms with Gasteiger partial charge in [0.25, 0.3) is 0 Å². The zero-order chi connectivity index (χ0) is 11.2. The summed E-state index contributed by atoms with van der Waals surface area (Å²) < 4.78 is 0. The zero-order valence-corrected chi connectivity index (χ0v) is 10.00. The number of pyridine rings is 1. The van der Waals surface area contributed by atoms with Crippen molar-refractivity contribution in [3.05, 3.63) is 35.7 Å². The minimum atomic E-state index is 1.04. The molecule has 2 heteroatoms. The number of hydrogen-bond acceptors (Lipinski definition) is 2. The van der Waals surface area contributed by atoms with Gasteiger partial charge in [0.2, 0.25) is 0 Å². The van der Waals surface area contributed by atoms with E-state index in [1.807, 2.05) is 19.2 Å². The van der Waals surface area contributed by atoms with Crippen LogP contribution in [0.2, 0.25) is 0 Å². The van der Waals surface area contributed by atoms with Crippen molar-refractivity contribution in [2.24, 2.45) is 0 Å². The van der Waals surface area contributed by atoms with E-state index in [0.29, 0.717) is 0 Å². The smallest absolute Gasteiger partial charge is 0.0393 e. The molecule has 0 saturated carbocycles. The number of nitrogens with one attached hydrogen (secondary N) is 1. The summed E-state index contributed by atoms with van der Waals surface area (Å²) in [7, 11) is 0. The molecule has 1 aliphatic carbocycles. The Hall–Kier alpha value is -1.31. The van der Waals surface area contributed by atoms with Crippen molar-refractivity contribution in [1.82, 2.24) is 4.98 Å². The average molecular weight is 216 g/mol. The van der Waals surface area contributed by atoms with Crippen LogP contribution in [0.1, 0.15) is 37.8 Å². The van der Waals surface area contributed by atoms with E-state index in [4.69, 9.17) is 0 Å². The molecule has 0 atom stereocenters. The first-order valence-corrected chi connectivity index (χ1v) is 6.19. The van der Waals surface area contributed by atoms with Gasteiger partial charge in [-0.1, -0.05) is 11.6 Å². The van der Waals surface area contributed by atoms with Crippen LogP contribution >= 0.6 is 0 Å². The molecular weight excluding hydrogens is 196 g/mol. The summed E-state index contributed by atoms with van der Waals surface area (Å²) in [6.07, 6.45) is 10.8. The molecule has 86 valence electrons. The van der Waals surface area contributed by atoms with Crippen LogP contribution in [-0.4, -0.2) is 11.5 Å². The highest BCUT2D eigenvalue weighted by molar-refractivity contribution is 5.42. The predicted octanol–water partition coefficient (Wildman–Crippen LogP) is 3.69. The highest BCUT2D eigenvalue weighted by Gasteiger charge is 2.02. The lowest BCUT2D eigenvalue weighted by Crippen LogP contribution is -2.04. The Bertz CT molecular complexity index is 369. The second kappa shape index (κ2) is 5.69. The van der Waals surface area contributed by atoms with E-state index >= 15 is 0 Å². The second-order valence-electron chi connectivity index (χ2n) is 4.47. The van der Waals surface area contributed by atoms with E-state index in [2.05, 4.69) is 22.4 Å². The maximum atomic E-state index is 4.19. The monoisotopic (exact) mass is 216 g/mol. The van der Waals surface area contributed by atoms with E-state index in [0.717, 1.165) is 12.2 Å². The van der Waals surface area contributed by atoms with Gasteiger partial charge >= 0.3 is 0 Å². The third kappa shape index (κ3) is 3.37. The van der Waals surface area contributed by atoms with Crippen LogP contribution in [-0.2, 0) is 0 Å². The Morgan fingerprint density at radius 2 is 2.31 bits per heavy atom. The van der Waals surface area contributed by atoms with Crippen LogP contribution in [0.15, 0.2) is 30.0 Å². The molecular formula is C14H20N2. The maximum absolute atomic E-state index is 4.19. The van der Waals surface area contributed by atoms with Crippen LogP contribution in [0.5, 0.6) is 0 Å². The Morgan fingerprint density at radius 1 is 1.38 bits per heavy atom. The van der Waals surface area contributed by atoms with Crippen molar-refractivity contribution in [2.45, 2.75) is 39.0 Å². The lowest BCUT2D eigenvalue weighted by atomic mass is 9.97. The predicted molar refractivity (Wildman–Crippen MR) is 68.6 cm³/mol. The molecule has 0 fully saturated rings. The molecule has 1 heterocycles. The number of nitrogens with zero attached hydrogens (tertiary/aromatic N) is 1. The molecule has 2 nitrogen and oxygen atoms in total. The number of allylic oxidation sites excluding steroid dienone is 1. The molecule has 1 aliphatic rings. The Balaban J connectivity index is 1.77. The van der Waals surface area contributed by atoms with E-state index in [1.165, 1.54) is 37.8 Å². The van der Waals surface area contributed by atoms with E-state index in [1.54, 1.807) is 5.57 Å². The molecule has 0 aromatic carbocycles. The van der Waals surface area contributed by atoms with Crippen LogP contribution in [0.3, 0.4) is 0 Å². The number of aryl methyl sites for hydroxylation is 1. The Labute approximate surface area is 97.8 Å². The normalized spacial score (nSPS) is 15.7. The molecule has 0 radical (unpaired) electrons. The summed E-state index contributed by atoms with van der Waals surface area (Å²) >= 11 is 0. The largest absolute Gasteiger partial charge is 0.385 e. The minimum Gasteiger partial charge on any atom is -0.385 e. The Morgan fingerprint density at radius 3 is 3.06 bits per heavy atom. The third-order valence-corrected chi connectivity index (χ3v) is 3.06. The number of rotatable bonds is 4. The summed E-state index contributed by atoms with van der Waals surface area (Å²) in [6.45, 7) is 3.06. The lowest BCUT2D eigenvalue weighted by molar-refractivity contribution is 0.679. The van der Waals surface area contributed by atoms with Gasteiger partial charge < -0.3 is 5.32 Å². The molecule has 0 aliphatic heterocycles. The zero-order valence-electron chi connectivity index (χ0n) is 10.00. The SMILES string of the molecule is Cc1cc(NCCC2=CCCCC2)ccn1. The van der Waals surface area contributed by atoms with Crippen LogP contribution in [0.25, 0.3) is 0 Å². The molecule has 1 aromatic heterocycles. The summed E-state index contributed by atoms with van der Waals surface area (Å²) in [5.41, 5.74) is 3.88. The molecule has 0 spiro atoms. The van der Waals surface area contributed by atoms with Gasteiger partial charge in [0.15, 0.2) is 0 Å². The lowest BCUT2D eigenvalue weighted by Gasteiger charge is -2.13. The molecule has 1 N–H and O–H groups in total. The summed E-state index contributed by atoms with van der Waals surface area (Å²) in [6, 6.07) is 4.12. The summed E-state index contributed by atoms with van der Waals surface area (Å²) in [5, 5.41) is 3.45. The third-order valence-electron chi connectivity index (χ3n) is 3.06. The molecule has 16 heavy (non-hydrogen) atoms. The van der Waals surface area contributed by atoms with Crippen molar-refractivity contribution >= 4 is 5.69 Å². The van der Waals surface area contributed by atoms with Gasteiger partial charge in [-0.05, 0) is 51.2 Å². The average Bonchev–Trinajstić information content (AvgIpc) is 2.30. The standard InChI is InChI=1S/C14H20N2/c1-12-11-14(8-10-15-12)16-9-7-13-5-3-2-4-6-13/h5,8,10-11H,2-4,6-7,9H2,1H3,(H,15,16). The van der Waals surface area contributed by atoms with Crippen molar-refractivity contribution in [1.29, 1.82) is 0 Å². The first-order chi connectivity index (χ1) is 7.84. The fourth-order valence-electron chi connectivity index (χ4n) is 2.15. The van der Waals surface area contributed by atoms with E-state index in [9.17, 15) is 0 Å². The first kappa shape index (κ1) is 11.2. The molecule has 2 rings (SSSR count). The van der Waals surface area contributed by atoms with Gasteiger partial charge in [-0.25, -0.2) is 0 Å². The molecule has 1 aromatic rings. The van der Waals surface area contributed by atoms with Gasteiger partial charge in [-0.15, -0.1) is 0 Å². The quantitative estimate of drug-likeness (QED) is 0.776. The number of aromatic nitrogens is 1. The van der Waals surface area contributed by atoms with Gasteiger partial charge in [0.05, 0.1) is 0 Å². The minimum absolute atomic E-state index is 1.04. The van der Waals surface area contributed by atoms with Crippen molar-refractivity contribution in [3.63, 3.8) is 0 Å². The number of anilines is 1. The van der Waals surface area contributed by atoms with Gasteiger partial charge in [-0.2, -0.15) is 0 Å². The fraction of sp³-hybridized carbons (Fsp3) is 0.500. The second-order valence-corrected chi connectivity index (χ2v) is 4.47. The van der Waals surface area contributed by atoms with Gasteiger partial charge in [-0.3, -0.25) is 4.98 Å². The maximum Gasteiger partial charge on any atom is 0.0393 e. The van der Waals surface area contributed by atoms with E-state index in [-0.39, 0.29) is 0 Å². The van der Waals surface area contributed by atoms with Crippen molar-refractivity contribution in [3.8, 4) is 0 Å². The molecule has 0 bridgehead atoms. The molecule has 0 amide bonds. The highest BCUT2D eigenvalue weighted by Crippen LogP contribution is 2.20. The Kier molecular flexibility index (Phi) is 3.97. The molecule has 0 unspecified atom stereocenters. The van der Waals surface area contributed by atoms with Gasteiger partial charge in [0.1, 0.15) is 0 Å². The number of hydrogen-bond donors (Lipinski definition) is 1. The highest BCUT2D eigenvalue weighted by atomic mass is 14.9. The summed E-state index contributed by atoms with van der Waals surface area (Å²) in [4.78, 5) is 4.19. The summed E-state index contributed by atoms with van der Waals surface area (Å²) in [5.74, 6) is 0.